The van der Waals surface area contributed by atoms with Gasteiger partial charge in [0, 0.05) is 44.6 Å². The van der Waals surface area contributed by atoms with E-state index in [0.29, 0.717) is 12.1 Å². The van der Waals surface area contributed by atoms with Gasteiger partial charge in [0.15, 0.2) is 0 Å². The molecule has 1 aliphatic rings. The fraction of sp³-hybridized carbons (Fsp3) is 0.800. The molecule has 4 nitrogen and oxygen atoms in total. The number of nitrogens with one attached hydrogen (secondary N) is 1. The second kappa shape index (κ2) is 6.53. The van der Waals surface area contributed by atoms with E-state index in [1.807, 2.05) is 12.4 Å². The van der Waals surface area contributed by atoms with Gasteiger partial charge in [0.2, 0.25) is 0 Å². The quantitative estimate of drug-likeness (QED) is 0.883. The zero-order chi connectivity index (χ0) is 13.8. The number of hydrogen-bond donors (Lipinski definition) is 1. The Labute approximate surface area is 117 Å². The number of aromatic nitrogens is 2. The van der Waals surface area contributed by atoms with E-state index in [0.717, 1.165) is 25.6 Å². The SMILES string of the molecule is CCC(C)C1CN(Cc2nccn2C)C(CC)CN1. The van der Waals surface area contributed by atoms with Gasteiger partial charge in [0.25, 0.3) is 0 Å². The topological polar surface area (TPSA) is 33.1 Å². The molecule has 0 amide bonds. The third-order valence-electron chi connectivity index (χ3n) is 4.63. The van der Waals surface area contributed by atoms with Crippen LogP contribution in [0.25, 0.3) is 0 Å². The minimum absolute atomic E-state index is 0.619. The van der Waals surface area contributed by atoms with Crippen molar-refractivity contribution in [1.29, 1.82) is 0 Å². The largest absolute Gasteiger partial charge is 0.337 e. The fourth-order valence-corrected chi connectivity index (χ4v) is 2.88. The Kier molecular flexibility index (Phi) is 4.99. The van der Waals surface area contributed by atoms with E-state index in [2.05, 4.69) is 47.6 Å². The Bertz CT molecular complexity index is 387. The number of nitrogens with zero attached hydrogens (tertiary/aromatic N) is 3. The van der Waals surface area contributed by atoms with Crippen molar-refractivity contribution >= 4 is 0 Å². The van der Waals surface area contributed by atoms with E-state index in [1.54, 1.807) is 0 Å². The Morgan fingerprint density at radius 3 is 2.84 bits per heavy atom. The number of aryl methyl sites for hydroxylation is 1. The van der Waals surface area contributed by atoms with Gasteiger partial charge in [-0.05, 0) is 12.3 Å². The normalized spacial score (nSPS) is 26.5. The number of hydrogen-bond acceptors (Lipinski definition) is 3. The Balaban J connectivity index is 2.03. The van der Waals surface area contributed by atoms with E-state index in [9.17, 15) is 0 Å². The maximum atomic E-state index is 4.47. The molecule has 1 saturated heterocycles. The highest BCUT2D eigenvalue weighted by molar-refractivity contribution is 4.95. The lowest BCUT2D eigenvalue weighted by atomic mass is 9.95. The first-order chi connectivity index (χ1) is 9.15. The molecule has 1 aromatic heterocycles. The molecule has 2 heterocycles. The molecule has 19 heavy (non-hydrogen) atoms. The van der Waals surface area contributed by atoms with Gasteiger partial charge in [-0.15, -0.1) is 0 Å². The molecule has 1 fully saturated rings. The smallest absolute Gasteiger partial charge is 0.122 e. The average Bonchev–Trinajstić information content (AvgIpc) is 2.83. The zero-order valence-electron chi connectivity index (χ0n) is 12.8. The summed E-state index contributed by atoms with van der Waals surface area (Å²) in [4.78, 5) is 7.08. The van der Waals surface area contributed by atoms with Gasteiger partial charge in [-0.3, -0.25) is 4.90 Å². The molecule has 0 aromatic carbocycles. The van der Waals surface area contributed by atoms with Gasteiger partial charge >= 0.3 is 0 Å². The van der Waals surface area contributed by atoms with E-state index < -0.39 is 0 Å². The Morgan fingerprint density at radius 1 is 1.47 bits per heavy atom. The van der Waals surface area contributed by atoms with E-state index in [-0.39, 0.29) is 0 Å². The second-order valence-corrected chi connectivity index (χ2v) is 5.85. The van der Waals surface area contributed by atoms with Crippen molar-refractivity contribution in [1.82, 2.24) is 19.8 Å². The Hall–Kier alpha value is -0.870. The summed E-state index contributed by atoms with van der Waals surface area (Å²) in [7, 11) is 2.08. The second-order valence-electron chi connectivity index (χ2n) is 5.85. The van der Waals surface area contributed by atoms with Crippen molar-refractivity contribution in [2.45, 2.75) is 52.2 Å². The maximum Gasteiger partial charge on any atom is 0.122 e. The van der Waals surface area contributed by atoms with Crippen LogP contribution in [0.1, 0.15) is 39.4 Å². The standard InChI is InChI=1S/C15H28N4/c1-5-12(3)14-10-19(13(6-2)9-17-14)11-15-16-7-8-18(15)4/h7-8,12-14,17H,5-6,9-11H2,1-4H3. The summed E-state index contributed by atoms with van der Waals surface area (Å²) < 4.78 is 2.13. The third kappa shape index (κ3) is 3.37. The first-order valence-electron chi connectivity index (χ1n) is 7.59. The molecule has 2 rings (SSSR count). The number of rotatable bonds is 5. The van der Waals surface area contributed by atoms with Crippen molar-refractivity contribution in [2.75, 3.05) is 13.1 Å². The molecule has 3 atom stereocenters. The van der Waals surface area contributed by atoms with Crippen molar-refractivity contribution in [2.24, 2.45) is 13.0 Å². The summed E-state index contributed by atoms with van der Waals surface area (Å²) in [6, 6.07) is 1.25. The molecule has 3 unspecified atom stereocenters. The summed E-state index contributed by atoms with van der Waals surface area (Å²) in [5.41, 5.74) is 0. The van der Waals surface area contributed by atoms with Gasteiger partial charge in [0.05, 0.1) is 6.54 Å². The molecular weight excluding hydrogens is 236 g/mol. The van der Waals surface area contributed by atoms with Gasteiger partial charge in [-0.1, -0.05) is 27.2 Å². The fourth-order valence-electron chi connectivity index (χ4n) is 2.88. The van der Waals surface area contributed by atoms with Crippen LogP contribution in [0.15, 0.2) is 12.4 Å². The maximum absolute atomic E-state index is 4.47. The summed E-state index contributed by atoms with van der Waals surface area (Å²) >= 11 is 0. The van der Waals surface area contributed by atoms with Crippen LogP contribution in [0, 0.1) is 5.92 Å². The lowest BCUT2D eigenvalue weighted by molar-refractivity contribution is 0.0959. The van der Waals surface area contributed by atoms with Gasteiger partial charge in [-0.25, -0.2) is 4.98 Å². The van der Waals surface area contributed by atoms with Crippen LogP contribution in [0.5, 0.6) is 0 Å². The minimum Gasteiger partial charge on any atom is -0.337 e. The van der Waals surface area contributed by atoms with Crippen molar-refractivity contribution in [3.05, 3.63) is 18.2 Å². The van der Waals surface area contributed by atoms with E-state index >= 15 is 0 Å². The monoisotopic (exact) mass is 264 g/mol. The third-order valence-corrected chi connectivity index (χ3v) is 4.63. The van der Waals surface area contributed by atoms with Crippen LogP contribution in [0.4, 0.5) is 0 Å². The molecule has 4 heteroatoms. The highest BCUT2D eigenvalue weighted by atomic mass is 15.3. The van der Waals surface area contributed by atoms with Crippen LogP contribution in [0.3, 0.4) is 0 Å². The first-order valence-corrected chi connectivity index (χ1v) is 7.59. The van der Waals surface area contributed by atoms with E-state index in [4.69, 9.17) is 0 Å². The van der Waals surface area contributed by atoms with Gasteiger partial charge in [0.1, 0.15) is 5.82 Å². The van der Waals surface area contributed by atoms with Crippen LogP contribution >= 0.6 is 0 Å². The Morgan fingerprint density at radius 2 is 2.26 bits per heavy atom. The summed E-state index contributed by atoms with van der Waals surface area (Å²) in [6.07, 6.45) is 6.37. The molecule has 0 saturated carbocycles. The lowest BCUT2D eigenvalue weighted by Gasteiger charge is -2.42. The van der Waals surface area contributed by atoms with Gasteiger partial charge in [-0.2, -0.15) is 0 Å². The average molecular weight is 264 g/mol. The highest BCUT2D eigenvalue weighted by Crippen LogP contribution is 2.19. The van der Waals surface area contributed by atoms with Crippen molar-refractivity contribution in [3.63, 3.8) is 0 Å². The summed E-state index contributed by atoms with van der Waals surface area (Å²) in [6.45, 7) is 10.1. The first kappa shape index (κ1) is 14.5. The molecule has 1 aromatic rings. The van der Waals surface area contributed by atoms with Crippen molar-refractivity contribution in [3.8, 4) is 0 Å². The number of imidazole rings is 1. The molecule has 0 aliphatic carbocycles. The predicted octanol–water partition coefficient (Wildman–Crippen LogP) is 2.02. The molecule has 0 radical (unpaired) electrons. The van der Waals surface area contributed by atoms with Crippen molar-refractivity contribution < 1.29 is 0 Å². The molecule has 0 spiro atoms. The van der Waals surface area contributed by atoms with Crippen LogP contribution in [-0.4, -0.2) is 39.6 Å². The highest BCUT2D eigenvalue weighted by Gasteiger charge is 2.29. The molecule has 1 aliphatic heterocycles. The van der Waals surface area contributed by atoms with Gasteiger partial charge < -0.3 is 9.88 Å². The zero-order valence-corrected chi connectivity index (χ0v) is 12.8. The lowest BCUT2D eigenvalue weighted by Crippen LogP contribution is -2.57. The summed E-state index contributed by atoms with van der Waals surface area (Å²) in [5, 5.41) is 3.73. The number of piperazine rings is 1. The van der Waals surface area contributed by atoms with Crippen LogP contribution < -0.4 is 5.32 Å². The minimum atomic E-state index is 0.619. The van der Waals surface area contributed by atoms with Crippen LogP contribution in [-0.2, 0) is 13.6 Å². The molecule has 108 valence electrons. The molecule has 1 N–H and O–H groups in total. The van der Waals surface area contributed by atoms with Crippen LogP contribution in [0.2, 0.25) is 0 Å². The summed E-state index contributed by atoms with van der Waals surface area (Å²) in [5.74, 6) is 1.91. The molecule has 0 bridgehead atoms. The predicted molar refractivity (Wildman–Crippen MR) is 78.9 cm³/mol. The molecular formula is C15H28N4. The van der Waals surface area contributed by atoms with E-state index in [1.165, 1.54) is 18.7 Å².